The molecule has 84 valence electrons. The van der Waals surface area contributed by atoms with Gasteiger partial charge in [-0.15, -0.1) is 0 Å². The summed E-state index contributed by atoms with van der Waals surface area (Å²) in [5.41, 5.74) is -0.269. The Balaban J connectivity index is 2.49. The van der Waals surface area contributed by atoms with E-state index in [4.69, 9.17) is 11.3 Å². The van der Waals surface area contributed by atoms with Crippen LogP contribution in [0.1, 0.15) is 20.3 Å². The molecule has 1 atom stereocenters. The van der Waals surface area contributed by atoms with Crippen LogP contribution in [0, 0.1) is 6.57 Å². The lowest BCUT2D eigenvalue weighted by Gasteiger charge is -2.29. The molecule has 0 aromatic heterocycles. The number of hydrogen-bond acceptors (Lipinski definition) is 2. The van der Waals surface area contributed by atoms with Crippen molar-refractivity contribution in [3.8, 4) is 0 Å². The van der Waals surface area contributed by atoms with Gasteiger partial charge in [0.1, 0.15) is 5.72 Å². The van der Waals surface area contributed by atoms with Gasteiger partial charge in [0.15, 0.2) is 5.83 Å². The second kappa shape index (κ2) is 4.73. The van der Waals surface area contributed by atoms with Crippen LogP contribution in [-0.2, 0) is 4.74 Å². The van der Waals surface area contributed by atoms with Gasteiger partial charge >= 0.3 is 0 Å². The molecule has 3 nitrogen and oxygen atoms in total. The summed E-state index contributed by atoms with van der Waals surface area (Å²) in [6, 6.07) is 0.205. The standard InChI is InChI=1S/C11H17FN2O/c1-11(2)14(4)10(8-15-11)6-5-9(12)7-13-3/h5,10H,6-8H2,1-2,4H3/b9-5-. The lowest BCUT2D eigenvalue weighted by Crippen LogP contribution is -2.40. The van der Waals surface area contributed by atoms with Crippen molar-refractivity contribution in [3.05, 3.63) is 23.3 Å². The van der Waals surface area contributed by atoms with Gasteiger partial charge in [-0.3, -0.25) is 4.90 Å². The molecule has 0 N–H and O–H groups in total. The van der Waals surface area contributed by atoms with Crippen molar-refractivity contribution in [2.45, 2.75) is 32.0 Å². The zero-order chi connectivity index (χ0) is 11.5. The molecule has 1 aliphatic rings. The molecule has 0 aromatic carbocycles. The van der Waals surface area contributed by atoms with E-state index in [0.717, 1.165) is 0 Å². The summed E-state index contributed by atoms with van der Waals surface area (Å²) < 4.78 is 18.5. The number of hydrogen-bond donors (Lipinski definition) is 0. The van der Waals surface area contributed by atoms with E-state index in [1.807, 2.05) is 20.9 Å². The minimum Gasteiger partial charge on any atom is -0.359 e. The first kappa shape index (κ1) is 12.2. The van der Waals surface area contributed by atoms with Crippen LogP contribution in [-0.4, -0.2) is 36.9 Å². The minimum absolute atomic E-state index is 0.152. The van der Waals surface area contributed by atoms with Gasteiger partial charge in [0.05, 0.1) is 6.61 Å². The molecule has 1 fully saturated rings. The fourth-order valence-corrected chi connectivity index (χ4v) is 1.58. The van der Waals surface area contributed by atoms with Gasteiger partial charge in [-0.1, -0.05) is 0 Å². The Morgan fingerprint density at radius 3 is 2.87 bits per heavy atom. The summed E-state index contributed by atoms with van der Waals surface area (Å²) in [6.07, 6.45) is 2.09. The molecule has 1 aliphatic heterocycles. The molecular formula is C11H17FN2O. The second-order valence-corrected chi connectivity index (χ2v) is 4.23. The van der Waals surface area contributed by atoms with Crippen LogP contribution in [0.3, 0.4) is 0 Å². The van der Waals surface area contributed by atoms with E-state index >= 15 is 0 Å². The van der Waals surface area contributed by atoms with Gasteiger partial charge in [-0.25, -0.2) is 11.0 Å². The normalized spacial score (nSPS) is 26.6. The Hall–Kier alpha value is -0.920. The third-order valence-corrected chi connectivity index (χ3v) is 2.87. The van der Waals surface area contributed by atoms with Crippen LogP contribution in [0.5, 0.6) is 0 Å². The number of nitrogens with zero attached hydrogens (tertiary/aromatic N) is 2. The molecule has 0 spiro atoms. The maximum atomic E-state index is 13.0. The van der Waals surface area contributed by atoms with Gasteiger partial charge in [0, 0.05) is 6.04 Å². The Morgan fingerprint density at radius 2 is 2.40 bits per heavy atom. The predicted molar refractivity (Wildman–Crippen MR) is 56.9 cm³/mol. The number of ether oxygens (including phenoxy) is 1. The number of likely N-dealkylation sites (N-methyl/N-ethyl adjacent to an activating group) is 1. The van der Waals surface area contributed by atoms with Crippen LogP contribution < -0.4 is 0 Å². The Labute approximate surface area is 90.3 Å². The van der Waals surface area contributed by atoms with E-state index in [1.54, 1.807) is 0 Å². The summed E-state index contributed by atoms with van der Waals surface area (Å²) in [5, 5.41) is 0. The Kier molecular flexibility index (Phi) is 3.83. The van der Waals surface area contributed by atoms with Gasteiger partial charge in [0.2, 0.25) is 0 Å². The quantitative estimate of drug-likeness (QED) is 0.667. The highest BCUT2D eigenvalue weighted by Crippen LogP contribution is 2.27. The van der Waals surface area contributed by atoms with E-state index < -0.39 is 0 Å². The third kappa shape index (κ3) is 3.01. The van der Waals surface area contributed by atoms with Crippen molar-refractivity contribution in [2.24, 2.45) is 0 Å². The third-order valence-electron chi connectivity index (χ3n) is 2.87. The molecule has 0 saturated carbocycles. The molecule has 1 saturated heterocycles. The average molecular weight is 212 g/mol. The van der Waals surface area contributed by atoms with Crippen LogP contribution in [0.25, 0.3) is 4.85 Å². The molecule has 0 radical (unpaired) electrons. The van der Waals surface area contributed by atoms with Gasteiger partial charge in [-0.05, 0) is 33.4 Å². The monoisotopic (exact) mass is 212 g/mol. The van der Waals surface area contributed by atoms with Gasteiger partial charge in [-0.2, -0.15) is 0 Å². The SMILES string of the molecule is [C-]#[N+]C/C(F)=C/CC1COC(C)(C)N1C. The molecule has 0 aromatic rings. The fourth-order valence-electron chi connectivity index (χ4n) is 1.58. The molecule has 4 heteroatoms. The van der Waals surface area contributed by atoms with Crippen molar-refractivity contribution in [1.29, 1.82) is 0 Å². The number of rotatable bonds is 3. The zero-order valence-corrected chi connectivity index (χ0v) is 9.46. The summed E-state index contributed by atoms with van der Waals surface area (Å²) in [6.45, 7) is 11.0. The molecule has 1 heterocycles. The largest absolute Gasteiger partial charge is 0.359 e. The van der Waals surface area contributed by atoms with Crippen molar-refractivity contribution in [2.75, 3.05) is 20.2 Å². The smallest absolute Gasteiger partial charge is 0.265 e. The molecule has 1 unspecified atom stereocenters. The fraction of sp³-hybridized carbons (Fsp3) is 0.727. The first-order chi connectivity index (χ1) is 6.97. The maximum Gasteiger partial charge on any atom is 0.265 e. The first-order valence-corrected chi connectivity index (χ1v) is 5.02. The van der Waals surface area contributed by atoms with Crippen molar-refractivity contribution >= 4 is 0 Å². The average Bonchev–Trinajstić information content (AvgIpc) is 2.41. The summed E-state index contributed by atoms with van der Waals surface area (Å²) >= 11 is 0. The molecular weight excluding hydrogens is 195 g/mol. The van der Waals surface area contributed by atoms with Crippen molar-refractivity contribution < 1.29 is 9.13 Å². The first-order valence-electron chi connectivity index (χ1n) is 5.02. The molecule has 1 rings (SSSR count). The van der Waals surface area contributed by atoms with Gasteiger partial charge in [0.25, 0.3) is 6.54 Å². The predicted octanol–water partition coefficient (Wildman–Crippen LogP) is 2.22. The zero-order valence-electron chi connectivity index (χ0n) is 9.46. The summed E-state index contributed by atoms with van der Waals surface area (Å²) in [4.78, 5) is 5.08. The topological polar surface area (TPSA) is 16.8 Å². The molecule has 0 bridgehead atoms. The van der Waals surface area contributed by atoms with Crippen LogP contribution >= 0.6 is 0 Å². The lowest BCUT2D eigenvalue weighted by molar-refractivity contribution is -0.0411. The number of halogens is 1. The van der Waals surface area contributed by atoms with E-state index in [9.17, 15) is 4.39 Å². The Morgan fingerprint density at radius 1 is 1.73 bits per heavy atom. The highest BCUT2D eigenvalue weighted by Gasteiger charge is 2.36. The summed E-state index contributed by atoms with van der Waals surface area (Å²) in [7, 11) is 1.97. The van der Waals surface area contributed by atoms with E-state index in [1.165, 1.54) is 6.08 Å². The summed E-state index contributed by atoms with van der Waals surface area (Å²) in [5.74, 6) is -0.344. The minimum atomic E-state index is -0.344. The van der Waals surface area contributed by atoms with Crippen LogP contribution in [0.4, 0.5) is 4.39 Å². The molecule has 0 aliphatic carbocycles. The van der Waals surface area contributed by atoms with E-state index in [-0.39, 0.29) is 24.1 Å². The highest BCUT2D eigenvalue weighted by molar-refractivity contribution is 5.01. The van der Waals surface area contributed by atoms with Gasteiger partial charge < -0.3 is 9.58 Å². The molecule has 15 heavy (non-hydrogen) atoms. The van der Waals surface area contributed by atoms with Crippen LogP contribution in [0.15, 0.2) is 11.9 Å². The van der Waals surface area contributed by atoms with Crippen molar-refractivity contribution in [1.82, 2.24) is 4.90 Å². The van der Waals surface area contributed by atoms with E-state index in [0.29, 0.717) is 13.0 Å². The van der Waals surface area contributed by atoms with Crippen LogP contribution in [0.2, 0.25) is 0 Å². The van der Waals surface area contributed by atoms with E-state index in [2.05, 4.69) is 9.74 Å². The highest BCUT2D eigenvalue weighted by atomic mass is 19.1. The second-order valence-electron chi connectivity index (χ2n) is 4.23. The Bertz CT molecular complexity index is 293. The lowest BCUT2D eigenvalue weighted by atomic mass is 10.1. The maximum absolute atomic E-state index is 13.0. The van der Waals surface area contributed by atoms with Crippen molar-refractivity contribution in [3.63, 3.8) is 0 Å². The molecule has 0 amide bonds.